The van der Waals surface area contributed by atoms with Crippen molar-refractivity contribution in [3.63, 3.8) is 0 Å². The Bertz CT molecular complexity index is 334. The lowest BCUT2D eigenvalue weighted by Crippen LogP contribution is -1.94. The van der Waals surface area contributed by atoms with Gasteiger partial charge in [-0.3, -0.25) is 0 Å². The lowest BCUT2D eigenvalue weighted by Gasteiger charge is -2.07. The number of nitriles is 1. The molecular formula is C9H7Br2NO. The third kappa shape index (κ3) is 2.45. The summed E-state index contributed by atoms with van der Waals surface area (Å²) in [7, 11) is 0. The van der Waals surface area contributed by atoms with Gasteiger partial charge in [0.25, 0.3) is 0 Å². The highest BCUT2D eigenvalue weighted by Crippen LogP contribution is 2.34. The number of nitrogens with zero attached hydrogens (tertiary/aromatic N) is 1. The predicted octanol–water partition coefficient (Wildman–Crippen LogP) is 3.48. The second-order valence-electron chi connectivity index (χ2n) is 2.31. The number of hydrogen-bond donors (Lipinski definition) is 0. The Balaban J connectivity index is 3.17. The zero-order chi connectivity index (χ0) is 9.84. The molecule has 0 atom stereocenters. The second kappa shape index (κ2) is 4.64. The quantitative estimate of drug-likeness (QED) is 0.838. The van der Waals surface area contributed by atoms with Crippen molar-refractivity contribution in [2.24, 2.45) is 0 Å². The van der Waals surface area contributed by atoms with Gasteiger partial charge in [0.05, 0.1) is 27.2 Å². The van der Waals surface area contributed by atoms with E-state index in [0.717, 1.165) is 14.7 Å². The minimum absolute atomic E-state index is 0.599. The van der Waals surface area contributed by atoms with Crippen molar-refractivity contribution >= 4 is 31.9 Å². The van der Waals surface area contributed by atoms with Gasteiger partial charge >= 0.3 is 0 Å². The molecule has 13 heavy (non-hydrogen) atoms. The molecule has 0 aliphatic rings. The topological polar surface area (TPSA) is 33.0 Å². The summed E-state index contributed by atoms with van der Waals surface area (Å²) < 4.78 is 6.95. The summed E-state index contributed by atoms with van der Waals surface area (Å²) in [6, 6.07) is 5.53. The standard InChI is InChI=1S/C9H7Br2NO/c1-2-13-9-7(10)3-6(5-12)4-8(9)11/h3-4H,2H2,1H3. The monoisotopic (exact) mass is 303 g/mol. The molecule has 0 aliphatic heterocycles. The molecule has 0 aliphatic carbocycles. The number of rotatable bonds is 2. The van der Waals surface area contributed by atoms with Crippen molar-refractivity contribution in [2.75, 3.05) is 6.61 Å². The van der Waals surface area contributed by atoms with E-state index in [1.165, 1.54) is 0 Å². The molecule has 1 aromatic rings. The van der Waals surface area contributed by atoms with E-state index in [2.05, 4.69) is 37.9 Å². The van der Waals surface area contributed by atoms with Crippen LogP contribution in [-0.4, -0.2) is 6.61 Å². The Hall–Kier alpha value is -0.530. The van der Waals surface area contributed by atoms with Crippen LogP contribution in [0, 0.1) is 11.3 Å². The van der Waals surface area contributed by atoms with Crippen LogP contribution in [0.4, 0.5) is 0 Å². The molecule has 0 amide bonds. The first-order valence-corrected chi connectivity index (χ1v) is 5.29. The molecule has 2 nitrogen and oxygen atoms in total. The number of halogens is 2. The molecule has 0 fully saturated rings. The number of benzene rings is 1. The van der Waals surface area contributed by atoms with E-state index in [9.17, 15) is 0 Å². The number of hydrogen-bond acceptors (Lipinski definition) is 2. The molecule has 0 spiro atoms. The maximum absolute atomic E-state index is 8.67. The molecule has 0 radical (unpaired) electrons. The SMILES string of the molecule is CCOc1c(Br)cc(C#N)cc1Br. The van der Waals surface area contributed by atoms with Crippen molar-refractivity contribution in [3.05, 3.63) is 26.6 Å². The maximum atomic E-state index is 8.67. The minimum atomic E-state index is 0.599. The summed E-state index contributed by atoms with van der Waals surface area (Å²) in [5.41, 5.74) is 0.599. The summed E-state index contributed by atoms with van der Waals surface area (Å²) in [4.78, 5) is 0. The van der Waals surface area contributed by atoms with Gasteiger partial charge < -0.3 is 4.74 Å². The Morgan fingerprint density at radius 1 is 1.38 bits per heavy atom. The van der Waals surface area contributed by atoms with Crippen molar-refractivity contribution in [2.45, 2.75) is 6.92 Å². The Kier molecular flexibility index (Phi) is 3.76. The smallest absolute Gasteiger partial charge is 0.147 e. The normalized spacial score (nSPS) is 9.38. The fourth-order valence-corrected chi connectivity index (χ4v) is 2.32. The van der Waals surface area contributed by atoms with Crippen molar-refractivity contribution in [1.29, 1.82) is 5.26 Å². The van der Waals surface area contributed by atoms with Gasteiger partial charge in [-0.25, -0.2) is 0 Å². The zero-order valence-corrected chi connectivity index (χ0v) is 10.1. The largest absolute Gasteiger partial charge is 0.492 e. The maximum Gasteiger partial charge on any atom is 0.147 e. The van der Waals surface area contributed by atoms with E-state index in [1.807, 2.05) is 6.92 Å². The predicted molar refractivity (Wildman–Crippen MR) is 57.7 cm³/mol. The molecule has 0 bridgehead atoms. The van der Waals surface area contributed by atoms with Crippen molar-refractivity contribution < 1.29 is 4.74 Å². The minimum Gasteiger partial charge on any atom is -0.492 e. The molecule has 0 N–H and O–H groups in total. The van der Waals surface area contributed by atoms with Crippen LogP contribution in [0.2, 0.25) is 0 Å². The van der Waals surface area contributed by atoms with Gasteiger partial charge in [0, 0.05) is 0 Å². The zero-order valence-electron chi connectivity index (χ0n) is 6.97. The lowest BCUT2D eigenvalue weighted by molar-refractivity contribution is 0.336. The summed E-state index contributed by atoms with van der Waals surface area (Å²) in [6.45, 7) is 2.51. The van der Waals surface area contributed by atoms with E-state index in [-0.39, 0.29) is 0 Å². The van der Waals surface area contributed by atoms with E-state index >= 15 is 0 Å². The first-order chi connectivity index (χ1) is 6.19. The average Bonchev–Trinajstić information content (AvgIpc) is 2.11. The van der Waals surface area contributed by atoms with Crippen LogP contribution in [0.25, 0.3) is 0 Å². The van der Waals surface area contributed by atoms with E-state index in [4.69, 9.17) is 10.00 Å². The fourth-order valence-electron chi connectivity index (χ4n) is 0.907. The van der Waals surface area contributed by atoms with Gasteiger partial charge in [-0.1, -0.05) is 0 Å². The molecule has 68 valence electrons. The highest BCUT2D eigenvalue weighted by atomic mass is 79.9. The van der Waals surface area contributed by atoms with Gasteiger partial charge in [0.2, 0.25) is 0 Å². The molecule has 0 unspecified atom stereocenters. The molecule has 1 rings (SSSR count). The summed E-state index contributed by atoms with van der Waals surface area (Å²) in [5.74, 6) is 0.738. The van der Waals surface area contributed by atoms with Crippen LogP contribution in [0.5, 0.6) is 5.75 Å². The Labute approximate surface area is 93.8 Å². The van der Waals surface area contributed by atoms with E-state index in [1.54, 1.807) is 12.1 Å². The molecule has 0 aromatic heterocycles. The van der Waals surface area contributed by atoms with Crippen molar-refractivity contribution in [3.8, 4) is 11.8 Å². The van der Waals surface area contributed by atoms with Crippen molar-refractivity contribution in [1.82, 2.24) is 0 Å². The first-order valence-electron chi connectivity index (χ1n) is 3.71. The van der Waals surface area contributed by atoms with Gasteiger partial charge in [-0.05, 0) is 50.9 Å². The van der Waals surface area contributed by atoms with Crippen LogP contribution in [0.3, 0.4) is 0 Å². The van der Waals surface area contributed by atoms with Crippen LogP contribution in [0.1, 0.15) is 12.5 Å². The molecule has 0 saturated carbocycles. The highest BCUT2D eigenvalue weighted by molar-refractivity contribution is 9.11. The Morgan fingerprint density at radius 3 is 2.31 bits per heavy atom. The third-order valence-corrected chi connectivity index (χ3v) is 2.59. The van der Waals surface area contributed by atoms with Gasteiger partial charge in [-0.15, -0.1) is 0 Å². The Morgan fingerprint density at radius 2 is 1.92 bits per heavy atom. The van der Waals surface area contributed by atoms with Crippen LogP contribution >= 0.6 is 31.9 Å². The fraction of sp³-hybridized carbons (Fsp3) is 0.222. The average molecular weight is 305 g/mol. The molecule has 0 saturated heterocycles. The van der Waals surface area contributed by atoms with E-state index < -0.39 is 0 Å². The lowest BCUT2D eigenvalue weighted by atomic mass is 10.2. The van der Waals surface area contributed by atoms with Crippen LogP contribution < -0.4 is 4.74 Å². The molecule has 0 heterocycles. The molecule has 4 heteroatoms. The number of ether oxygens (including phenoxy) is 1. The van der Waals surface area contributed by atoms with Gasteiger partial charge in [-0.2, -0.15) is 5.26 Å². The molecular weight excluding hydrogens is 298 g/mol. The first kappa shape index (κ1) is 10.6. The summed E-state index contributed by atoms with van der Waals surface area (Å²) in [5, 5.41) is 8.67. The van der Waals surface area contributed by atoms with Crippen LogP contribution in [0.15, 0.2) is 21.1 Å². The van der Waals surface area contributed by atoms with Crippen LogP contribution in [-0.2, 0) is 0 Å². The second-order valence-corrected chi connectivity index (χ2v) is 4.02. The van der Waals surface area contributed by atoms with E-state index in [0.29, 0.717) is 12.2 Å². The van der Waals surface area contributed by atoms with Gasteiger partial charge in [0.15, 0.2) is 0 Å². The summed E-state index contributed by atoms with van der Waals surface area (Å²) >= 11 is 6.67. The molecule has 1 aromatic carbocycles. The highest BCUT2D eigenvalue weighted by Gasteiger charge is 2.07. The third-order valence-electron chi connectivity index (χ3n) is 1.42. The van der Waals surface area contributed by atoms with Gasteiger partial charge in [0.1, 0.15) is 5.75 Å². The summed E-state index contributed by atoms with van der Waals surface area (Å²) in [6.07, 6.45) is 0.